The van der Waals surface area contributed by atoms with E-state index in [9.17, 15) is 13.2 Å². The van der Waals surface area contributed by atoms with E-state index in [2.05, 4.69) is 10.0 Å². The number of ether oxygens (including phenoxy) is 1. The van der Waals surface area contributed by atoms with E-state index in [1.165, 1.54) is 18.2 Å². The highest BCUT2D eigenvalue weighted by atomic mass is 35.5. The lowest BCUT2D eigenvalue weighted by Crippen LogP contribution is -2.31. The van der Waals surface area contributed by atoms with Crippen LogP contribution in [0.1, 0.15) is 23.2 Å². The minimum atomic E-state index is -3.92. The molecule has 2 N–H and O–H groups in total. The molecule has 0 saturated carbocycles. The molecule has 1 fully saturated rings. The SMILES string of the molecule is O=C(NC[C@@H]1CCCO1)c1ccc(Cl)c(S(=O)(=O)Nc2ccccc2)c1. The Morgan fingerprint density at radius 2 is 1.96 bits per heavy atom. The lowest BCUT2D eigenvalue weighted by Gasteiger charge is -2.13. The van der Waals surface area contributed by atoms with Crippen molar-refractivity contribution in [3.63, 3.8) is 0 Å². The molecule has 2 aromatic rings. The number of benzene rings is 2. The Balaban J connectivity index is 1.77. The molecule has 2 aromatic carbocycles. The topological polar surface area (TPSA) is 84.5 Å². The van der Waals surface area contributed by atoms with Gasteiger partial charge in [-0.3, -0.25) is 9.52 Å². The molecule has 1 aliphatic rings. The maximum Gasteiger partial charge on any atom is 0.263 e. The molecular formula is C18H19ClN2O4S. The summed E-state index contributed by atoms with van der Waals surface area (Å²) in [5.74, 6) is -0.367. The maximum atomic E-state index is 12.6. The zero-order valence-electron chi connectivity index (χ0n) is 13.9. The summed E-state index contributed by atoms with van der Waals surface area (Å²) in [5.41, 5.74) is 0.637. The summed E-state index contributed by atoms with van der Waals surface area (Å²) >= 11 is 6.06. The van der Waals surface area contributed by atoms with Crippen LogP contribution in [0.2, 0.25) is 5.02 Å². The zero-order valence-corrected chi connectivity index (χ0v) is 15.5. The van der Waals surface area contributed by atoms with E-state index >= 15 is 0 Å². The molecule has 6 nitrogen and oxygen atoms in total. The molecule has 0 aromatic heterocycles. The van der Waals surface area contributed by atoms with E-state index in [1.54, 1.807) is 30.3 Å². The largest absolute Gasteiger partial charge is 0.376 e. The van der Waals surface area contributed by atoms with Crippen LogP contribution in [0, 0.1) is 0 Å². The number of para-hydroxylation sites is 1. The van der Waals surface area contributed by atoms with Gasteiger partial charge in [0.15, 0.2) is 0 Å². The highest BCUT2D eigenvalue weighted by molar-refractivity contribution is 7.92. The summed E-state index contributed by atoms with van der Waals surface area (Å²) in [4.78, 5) is 12.2. The van der Waals surface area contributed by atoms with Crippen LogP contribution in [-0.4, -0.2) is 33.6 Å². The third-order valence-electron chi connectivity index (χ3n) is 4.02. The van der Waals surface area contributed by atoms with Gasteiger partial charge in [-0.1, -0.05) is 29.8 Å². The van der Waals surface area contributed by atoms with Gasteiger partial charge in [-0.15, -0.1) is 0 Å². The number of anilines is 1. The van der Waals surface area contributed by atoms with Crippen molar-refractivity contribution in [2.45, 2.75) is 23.8 Å². The van der Waals surface area contributed by atoms with Crippen molar-refractivity contribution in [1.29, 1.82) is 0 Å². The number of halogens is 1. The van der Waals surface area contributed by atoms with Crippen LogP contribution in [0.3, 0.4) is 0 Å². The molecular weight excluding hydrogens is 376 g/mol. The molecule has 1 saturated heterocycles. The monoisotopic (exact) mass is 394 g/mol. The number of nitrogens with one attached hydrogen (secondary N) is 2. The lowest BCUT2D eigenvalue weighted by atomic mass is 10.2. The Labute approximate surface area is 157 Å². The number of sulfonamides is 1. The molecule has 8 heteroatoms. The molecule has 3 rings (SSSR count). The molecule has 0 aliphatic carbocycles. The number of carbonyl (C=O) groups is 1. The minimum Gasteiger partial charge on any atom is -0.376 e. The molecule has 138 valence electrons. The fraction of sp³-hybridized carbons (Fsp3) is 0.278. The summed E-state index contributed by atoms with van der Waals surface area (Å²) in [6, 6.07) is 12.6. The summed E-state index contributed by atoms with van der Waals surface area (Å²) in [6.45, 7) is 1.10. The molecule has 26 heavy (non-hydrogen) atoms. The molecule has 1 heterocycles. The second kappa shape index (κ2) is 8.07. The van der Waals surface area contributed by atoms with Gasteiger partial charge >= 0.3 is 0 Å². The first-order valence-corrected chi connectivity index (χ1v) is 10.1. The fourth-order valence-electron chi connectivity index (χ4n) is 2.68. The van der Waals surface area contributed by atoms with Gasteiger partial charge in [0.25, 0.3) is 15.9 Å². The van der Waals surface area contributed by atoms with Crippen LogP contribution in [0.15, 0.2) is 53.4 Å². The van der Waals surface area contributed by atoms with Crippen molar-refractivity contribution in [2.24, 2.45) is 0 Å². The van der Waals surface area contributed by atoms with Crippen molar-refractivity contribution in [2.75, 3.05) is 17.9 Å². The normalized spacial score (nSPS) is 17.0. The molecule has 1 atom stereocenters. The predicted molar refractivity (Wildman–Crippen MR) is 100 cm³/mol. The summed E-state index contributed by atoms with van der Waals surface area (Å²) in [7, 11) is -3.92. The molecule has 1 aliphatic heterocycles. The van der Waals surface area contributed by atoms with Gasteiger partial charge in [-0.2, -0.15) is 0 Å². The minimum absolute atomic E-state index is 0.00852. The summed E-state index contributed by atoms with van der Waals surface area (Å²) in [5, 5.41) is 2.81. The van der Waals surface area contributed by atoms with Crippen LogP contribution >= 0.6 is 11.6 Å². The lowest BCUT2D eigenvalue weighted by molar-refractivity contribution is 0.0857. The van der Waals surface area contributed by atoms with E-state index in [0.717, 1.165) is 12.8 Å². The zero-order chi connectivity index (χ0) is 18.6. The van der Waals surface area contributed by atoms with Crippen LogP contribution in [-0.2, 0) is 14.8 Å². The van der Waals surface area contributed by atoms with Gasteiger partial charge in [0.2, 0.25) is 0 Å². The molecule has 0 bridgehead atoms. The summed E-state index contributed by atoms with van der Waals surface area (Å²) in [6.07, 6.45) is 1.89. The van der Waals surface area contributed by atoms with Crippen molar-refractivity contribution >= 4 is 33.2 Å². The van der Waals surface area contributed by atoms with E-state index in [1.807, 2.05) is 0 Å². The van der Waals surface area contributed by atoms with E-state index in [4.69, 9.17) is 16.3 Å². The van der Waals surface area contributed by atoms with Gasteiger partial charge in [0.05, 0.1) is 11.1 Å². The number of carbonyl (C=O) groups excluding carboxylic acids is 1. The van der Waals surface area contributed by atoms with Crippen molar-refractivity contribution < 1.29 is 17.9 Å². The number of hydrogen-bond acceptors (Lipinski definition) is 4. The maximum absolute atomic E-state index is 12.6. The molecule has 1 amide bonds. The second-order valence-corrected chi connectivity index (χ2v) is 8.02. The van der Waals surface area contributed by atoms with Crippen LogP contribution < -0.4 is 10.0 Å². The fourth-order valence-corrected chi connectivity index (χ4v) is 4.27. The van der Waals surface area contributed by atoms with E-state index in [-0.39, 0.29) is 27.5 Å². The van der Waals surface area contributed by atoms with Crippen molar-refractivity contribution in [3.05, 3.63) is 59.1 Å². The van der Waals surface area contributed by atoms with Gasteiger partial charge in [0.1, 0.15) is 4.90 Å². The number of hydrogen-bond donors (Lipinski definition) is 2. The first-order valence-electron chi connectivity index (χ1n) is 8.23. The Morgan fingerprint density at radius 3 is 2.65 bits per heavy atom. The number of rotatable bonds is 6. The van der Waals surface area contributed by atoms with Gasteiger partial charge in [-0.05, 0) is 43.2 Å². The molecule has 0 unspecified atom stereocenters. The highest BCUT2D eigenvalue weighted by Crippen LogP contribution is 2.25. The third-order valence-corrected chi connectivity index (χ3v) is 5.89. The first kappa shape index (κ1) is 18.7. The third kappa shape index (κ3) is 4.55. The molecule has 0 spiro atoms. The van der Waals surface area contributed by atoms with Crippen molar-refractivity contribution in [3.8, 4) is 0 Å². The Kier molecular flexibility index (Phi) is 5.80. The quantitative estimate of drug-likeness (QED) is 0.788. The van der Waals surface area contributed by atoms with Crippen LogP contribution in [0.5, 0.6) is 0 Å². The van der Waals surface area contributed by atoms with Gasteiger partial charge < -0.3 is 10.1 Å². The predicted octanol–water partition coefficient (Wildman–Crippen LogP) is 3.05. The van der Waals surface area contributed by atoms with E-state index < -0.39 is 10.0 Å². The Hall–Kier alpha value is -2.09. The van der Waals surface area contributed by atoms with Gasteiger partial charge in [0, 0.05) is 24.4 Å². The first-order chi connectivity index (χ1) is 12.5. The van der Waals surface area contributed by atoms with Gasteiger partial charge in [-0.25, -0.2) is 8.42 Å². The average Bonchev–Trinajstić information content (AvgIpc) is 3.14. The van der Waals surface area contributed by atoms with Crippen molar-refractivity contribution in [1.82, 2.24) is 5.32 Å². The smallest absolute Gasteiger partial charge is 0.263 e. The Morgan fingerprint density at radius 1 is 1.19 bits per heavy atom. The van der Waals surface area contributed by atoms with Crippen LogP contribution in [0.25, 0.3) is 0 Å². The standard InChI is InChI=1S/C18H19ClN2O4S/c19-16-9-8-13(18(22)20-12-15-7-4-10-25-15)11-17(16)26(23,24)21-14-5-2-1-3-6-14/h1-3,5-6,8-9,11,15,21H,4,7,10,12H2,(H,20,22)/t15-/m0/s1. The highest BCUT2D eigenvalue weighted by Gasteiger charge is 2.21. The van der Waals surface area contributed by atoms with E-state index in [0.29, 0.717) is 18.8 Å². The van der Waals surface area contributed by atoms with Crippen LogP contribution in [0.4, 0.5) is 5.69 Å². The summed E-state index contributed by atoms with van der Waals surface area (Å²) < 4.78 is 33.1. The Bertz CT molecular complexity index is 881. The average molecular weight is 395 g/mol. The second-order valence-electron chi connectivity index (χ2n) is 5.96. The molecule has 0 radical (unpaired) electrons. The number of amides is 1.